The van der Waals surface area contributed by atoms with Gasteiger partial charge in [-0.1, -0.05) is 17.7 Å². The van der Waals surface area contributed by atoms with Crippen molar-refractivity contribution in [3.05, 3.63) is 34.6 Å². The van der Waals surface area contributed by atoms with E-state index in [1.165, 1.54) is 30.1 Å². The summed E-state index contributed by atoms with van der Waals surface area (Å²) in [6, 6.07) is 4.28. The Morgan fingerprint density at radius 3 is 2.61 bits per heavy atom. The van der Waals surface area contributed by atoms with E-state index in [2.05, 4.69) is 0 Å². The average Bonchev–Trinajstić information content (AvgIpc) is 2.30. The molecular weight excluding hydrogens is 261 g/mol. The molecule has 1 N–H and O–H groups in total. The number of carboxylic acid groups (broad SMARTS) is 1. The molecule has 0 aliphatic heterocycles. The largest absolute Gasteiger partial charge is 0.481 e. The van der Waals surface area contributed by atoms with E-state index in [9.17, 15) is 14.0 Å². The molecular formula is C12H13ClFNO3. The lowest BCUT2D eigenvalue weighted by atomic mass is 10.2. The molecule has 4 nitrogen and oxygen atoms in total. The molecule has 0 aliphatic carbocycles. The summed E-state index contributed by atoms with van der Waals surface area (Å²) >= 11 is 5.83. The molecule has 1 aromatic rings. The molecule has 0 spiro atoms. The second-order valence-corrected chi connectivity index (χ2v) is 4.25. The summed E-state index contributed by atoms with van der Waals surface area (Å²) in [5.74, 6) is -1.89. The number of halogens is 2. The van der Waals surface area contributed by atoms with E-state index in [1.807, 2.05) is 0 Å². The highest BCUT2D eigenvalue weighted by atomic mass is 35.5. The van der Waals surface area contributed by atoms with Crippen LogP contribution in [0.3, 0.4) is 0 Å². The lowest BCUT2D eigenvalue weighted by molar-refractivity contribution is -0.140. The number of rotatable bonds is 5. The molecule has 0 saturated carbocycles. The van der Waals surface area contributed by atoms with Crippen LogP contribution in [-0.4, -0.2) is 28.9 Å². The molecule has 0 radical (unpaired) electrons. The minimum atomic E-state index is -1.04. The van der Waals surface area contributed by atoms with Gasteiger partial charge in [-0.2, -0.15) is 0 Å². The van der Waals surface area contributed by atoms with Crippen LogP contribution in [-0.2, 0) is 16.1 Å². The van der Waals surface area contributed by atoms with E-state index >= 15 is 0 Å². The molecule has 18 heavy (non-hydrogen) atoms. The Morgan fingerprint density at radius 1 is 1.39 bits per heavy atom. The average molecular weight is 274 g/mol. The van der Waals surface area contributed by atoms with Gasteiger partial charge in [-0.15, -0.1) is 0 Å². The van der Waals surface area contributed by atoms with Gasteiger partial charge in [-0.3, -0.25) is 9.59 Å². The molecule has 0 fully saturated rings. The fourth-order valence-electron chi connectivity index (χ4n) is 1.41. The molecule has 0 saturated heterocycles. The highest BCUT2D eigenvalue weighted by Gasteiger charge is 2.15. The predicted molar refractivity (Wildman–Crippen MR) is 64.8 cm³/mol. The molecule has 1 rings (SSSR count). The van der Waals surface area contributed by atoms with Gasteiger partial charge in [0.25, 0.3) is 0 Å². The van der Waals surface area contributed by atoms with Crippen LogP contribution >= 0.6 is 11.6 Å². The van der Waals surface area contributed by atoms with Crippen molar-refractivity contribution < 1.29 is 19.1 Å². The van der Waals surface area contributed by atoms with Crippen LogP contribution in [0.4, 0.5) is 4.39 Å². The van der Waals surface area contributed by atoms with Gasteiger partial charge in [0.05, 0.1) is 6.42 Å². The van der Waals surface area contributed by atoms with E-state index in [4.69, 9.17) is 16.7 Å². The summed E-state index contributed by atoms with van der Waals surface area (Å²) in [6.45, 7) is 0.0178. The smallest absolute Gasteiger partial charge is 0.303 e. The van der Waals surface area contributed by atoms with Gasteiger partial charge in [-0.05, 0) is 12.1 Å². The Labute approximate surface area is 109 Å². The summed E-state index contributed by atoms with van der Waals surface area (Å²) < 4.78 is 13.5. The normalized spacial score (nSPS) is 10.2. The van der Waals surface area contributed by atoms with Crippen molar-refractivity contribution in [2.24, 2.45) is 0 Å². The molecule has 0 bridgehead atoms. The topological polar surface area (TPSA) is 57.6 Å². The van der Waals surface area contributed by atoms with Crippen LogP contribution < -0.4 is 0 Å². The second kappa shape index (κ2) is 6.35. The van der Waals surface area contributed by atoms with Crippen molar-refractivity contribution in [2.75, 3.05) is 7.05 Å². The molecule has 0 aliphatic rings. The summed E-state index contributed by atoms with van der Waals surface area (Å²) in [5, 5.41) is 8.71. The van der Waals surface area contributed by atoms with Crippen molar-refractivity contribution in [1.82, 2.24) is 4.90 Å². The summed E-state index contributed by atoms with van der Waals surface area (Å²) in [6.07, 6.45) is -0.355. The fourth-order valence-corrected chi connectivity index (χ4v) is 1.64. The zero-order valence-electron chi connectivity index (χ0n) is 9.82. The van der Waals surface area contributed by atoms with Crippen LogP contribution in [0.15, 0.2) is 18.2 Å². The first kappa shape index (κ1) is 14.4. The molecule has 0 unspecified atom stereocenters. The van der Waals surface area contributed by atoms with E-state index in [0.717, 1.165) is 0 Å². The monoisotopic (exact) mass is 273 g/mol. The van der Waals surface area contributed by atoms with Crippen molar-refractivity contribution in [3.8, 4) is 0 Å². The van der Waals surface area contributed by atoms with E-state index < -0.39 is 11.8 Å². The molecule has 98 valence electrons. The van der Waals surface area contributed by atoms with Gasteiger partial charge >= 0.3 is 5.97 Å². The first-order valence-electron chi connectivity index (χ1n) is 5.30. The van der Waals surface area contributed by atoms with Crippen molar-refractivity contribution >= 4 is 23.5 Å². The maximum Gasteiger partial charge on any atom is 0.303 e. The van der Waals surface area contributed by atoms with Crippen LogP contribution in [0.2, 0.25) is 5.02 Å². The van der Waals surface area contributed by atoms with Crippen LogP contribution in [0.25, 0.3) is 0 Å². The lowest BCUT2D eigenvalue weighted by Gasteiger charge is -2.18. The van der Waals surface area contributed by atoms with E-state index in [1.54, 1.807) is 0 Å². The van der Waals surface area contributed by atoms with Crippen LogP contribution in [0, 0.1) is 5.82 Å². The number of aliphatic carboxylic acids is 1. The zero-order valence-corrected chi connectivity index (χ0v) is 10.6. The van der Waals surface area contributed by atoms with Gasteiger partial charge in [-0.25, -0.2) is 4.39 Å². The Morgan fingerprint density at radius 2 is 2.06 bits per heavy atom. The van der Waals surface area contributed by atoms with Gasteiger partial charge in [0, 0.05) is 30.6 Å². The molecule has 6 heteroatoms. The molecule has 1 aromatic carbocycles. The Hall–Kier alpha value is -1.62. The molecule has 0 heterocycles. The standard InChI is InChI=1S/C12H13ClFNO3/c1-15(11(16)5-6-12(17)18)7-8-9(13)3-2-4-10(8)14/h2-4H,5-7H2,1H3,(H,17,18). The first-order chi connectivity index (χ1) is 8.41. The second-order valence-electron chi connectivity index (χ2n) is 3.84. The quantitative estimate of drug-likeness (QED) is 0.895. The van der Waals surface area contributed by atoms with E-state index in [0.29, 0.717) is 0 Å². The number of amides is 1. The lowest BCUT2D eigenvalue weighted by Crippen LogP contribution is -2.27. The number of carbonyl (C=O) groups excluding carboxylic acids is 1. The number of nitrogens with zero attached hydrogens (tertiary/aromatic N) is 1. The van der Waals surface area contributed by atoms with Crippen molar-refractivity contribution in [3.63, 3.8) is 0 Å². The third-order valence-electron chi connectivity index (χ3n) is 2.44. The highest BCUT2D eigenvalue weighted by molar-refractivity contribution is 6.31. The molecule has 0 atom stereocenters. The number of benzene rings is 1. The Bertz CT molecular complexity index is 444. The number of hydrogen-bond acceptors (Lipinski definition) is 2. The summed E-state index contributed by atoms with van der Waals surface area (Å²) in [4.78, 5) is 23.2. The van der Waals surface area contributed by atoms with Gasteiger partial charge < -0.3 is 10.0 Å². The third kappa shape index (κ3) is 4.00. The number of carboxylic acids is 1. The van der Waals surface area contributed by atoms with Gasteiger partial charge in [0.15, 0.2) is 0 Å². The fraction of sp³-hybridized carbons (Fsp3) is 0.333. The minimum absolute atomic E-state index is 0.0178. The third-order valence-corrected chi connectivity index (χ3v) is 2.79. The highest BCUT2D eigenvalue weighted by Crippen LogP contribution is 2.20. The summed E-state index contributed by atoms with van der Waals surface area (Å²) in [7, 11) is 1.48. The Balaban J connectivity index is 2.66. The first-order valence-corrected chi connectivity index (χ1v) is 5.68. The SMILES string of the molecule is CN(Cc1c(F)cccc1Cl)C(=O)CCC(=O)O. The molecule has 1 amide bonds. The van der Waals surface area contributed by atoms with Crippen LogP contribution in [0.5, 0.6) is 0 Å². The maximum absolute atomic E-state index is 13.5. The zero-order chi connectivity index (χ0) is 13.7. The number of carbonyl (C=O) groups is 2. The number of hydrogen-bond donors (Lipinski definition) is 1. The van der Waals surface area contributed by atoms with Gasteiger partial charge in [0.2, 0.25) is 5.91 Å². The van der Waals surface area contributed by atoms with E-state index in [-0.39, 0.29) is 35.9 Å². The maximum atomic E-state index is 13.5. The van der Waals surface area contributed by atoms with Gasteiger partial charge in [0.1, 0.15) is 5.82 Å². The summed E-state index contributed by atoms with van der Waals surface area (Å²) in [5.41, 5.74) is 0.227. The predicted octanol–water partition coefficient (Wildman–Crippen LogP) is 2.30. The Kier molecular flexibility index (Phi) is 5.09. The molecule has 0 aromatic heterocycles. The van der Waals surface area contributed by atoms with Crippen LogP contribution in [0.1, 0.15) is 18.4 Å². The van der Waals surface area contributed by atoms with Crippen molar-refractivity contribution in [1.29, 1.82) is 0 Å². The minimum Gasteiger partial charge on any atom is -0.481 e. The van der Waals surface area contributed by atoms with Crippen molar-refractivity contribution in [2.45, 2.75) is 19.4 Å².